The van der Waals surface area contributed by atoms with Crippen molar-refractivity contribution in [2.45, 2.75) is 33.6 Å². The predicted molar refractivity (Wildman–Crippen MR) is 121 cm³/mol. The van der Waals surface area contributed by atoms with Crippen LogP contribution in [0.4, 0.5) is 5.69 Å². The highest BCUT2D eigenvalue weighted by Crippen LogP contribution is 2.23. The maximum atomic E-state index is 12.3. The van der Waals surface area contributed by atoms with Crippen molar-refractivity contribution in [1.82, 2.24) is 14.8 Å². The number of aryl methyl sites for hydroxylation is 2. The third kappa shape index (κ3) is 4.49. The molecule has 2 aromatic carbocycles. The first-order valence-electron chi connectivity index (χ1n) is 9.90. The van der Waals surface area contributed by atoms with Gasteiger partial charge in [0.2, 0.25) is 11.0 Å². The van der Waals surface area contributed by atoms with E-state index in [4.69, 9.17) is 5.10 Å². The van der Waals surface area contributed by atoms with Crippen molar-refractivity contribution in [3.8, 4) is 5.13 Å². The van der Waals surface area contributed by atoms with Gasteiger partial charge in [-0.15, -0.1) is 11.3 Å². The van der Waals surface area contributed by atoms with Crippen molar-refractivity contribution in [3.05, 3.63) is 93.7 Å². The average Bonchev–Trinajstić information content (AvgIpc) is 3.29. The molecule has 1 amide bonds. The first-order valence-corrected chi connectivity index (χ1v) is 10.8. The number of benzene rings is 2. The number of hydrogen-bond donors (Lipinski definition) is 1. The molecule has 0 saturated carbocycles. The summed E-state index contributed by atoms with van der Waals surface area (Å²) in [5.41, 5.74) is 7.37. The largest absolute Gasteiger partial charge is 0.326 e. The number of nitrogens with one attached hydrogen (secondary N) is 1. The van der Waals surface area contributed by atoms with E-state index in [9.17, 15) is 4.79 Å². The van der Waals surface area contributed by atoms with E-state index in [1.54, 1.807) is 0 Å². The summed E-state index contributed by atoms with van der Waals surface area (Å²) >= 11 is 1.50. The Bertz CT molecular complexity index is 1160. The molecule has 6 heteroatoms. The lowest BCUT2D eigenvalue weighted by Crippen LogP contribution is -2.14. The summed E-state index contributed by atoms with van der Waals surface area (Å²) in [5.74, 6) is -0.0773. The summed E-state index contributed by atoms with van der Waals surface area (Å²) in [6, 6.07) is 18.1. The summed E-state index contributed by atoms with van der Waals surface area (Å²) in [4.78, 5) is 17.0. The quantitative estimate of drug-likeness (QED) is 0.480. The summed E-state index contributed by atoms with van der Waals surface area (Å²) in [6.45, 7) is 6.21. The lowest BCUT2D eigenvalue weighted by atomic mass is 10.0. The second-order valence-corrected chi connectivity index (χ2v) is 8.27. The number of carbonyl (C=O) groups excluding carboxylic acids is 1. The van der Waals surface area contributed by atoms with Gasteiger partial charge in [-0.1, -0.05) is 48.0 Å². The van der Waals surface area contributed by atoms with Crippen molar-refractivity contribution in [2.24, 2.45) is 0 Å². The van der Waals surface area contributed by atoms with Gasteiger partial charge in [0.25, 0.3) is 0 Å². The summed E-state index contributed by atoms with van der Waals surface area (Å²) < 4.78 is 1.89. The Labute approximate surface area is 180 Å². The molecule has 0 radical (unpaired) electrons. The van der Waals surface area contributed by atoms with Crippen LogP contribution < -0.4 is 5.32 Å². The van der Waals surface area contributed by atoms with Crippen LogP contribution in [0.1, 0.15) is 33.8 Å². The van der Waals surface area contributed by atoms with Crippen LogP contribution in [0.25, 0.3) is 5.13 Å². The number of para-hydroxylation sites is 1. The normalized spacial score (nSPS) is 10.9. The van der Waals surface area contributed by atoms with Gasteiger partial charge in [0.1, 0.15) is 0 Å². The summed E-state index contributed by atoms with van der Waals surface area (Å²) in [5, 5.41) is 10.3. The van der Waals surface area contributed by atoms with E-state index >= 15 is 0 Å². The zero-order valence-corrected chi connectivity index (χ0v) is 18.2. The van der Waals surface area contributed by atoms with E-state index in [-0.39, 0.29) is 12.3 Å². The highest BCUT2D eigenvalue weighted by atomic mass is 32.1. The number of carbonyl (C=O) groups is 1. The molecule has 0 bridgehead atoms. The van der Waals surface area contributed by atoms with Gasteiger partial charge >= 0.3 is 0 Å². The van der Waals surface area contributed by atoms with E-state index in [0.717, 1.165) is 34.3 Å². The van der Waals surface area contributed by atoms with Crippen LogP contribution in [0.5, 0.6) is 0 Å². The lowest BCUT2D eigenvalue weighted by molar-refractivity contribution is -0.115. The van der Waals surface area contributed by atoms with E-state index in [1.807, 2.05) is 47.3 Å². The van der Waals surface area contributed by atoms with Gasteiger partial charge in [-0.25, -0.2) is 9.67 Å². The van der Waals surface area contributed by atoms with Gasteiger partial charge in [-0.2, -0.15) is 5.10 Å². The first-order chi connectivity index (χ1) is 14.5. The Morgan fingerprint density at radius 1 is 1.03 bits per heavy atom. The first kappa shape index (κ1) is 20.0. The van der Waals surface area contributed by atoms with Crippen molar-refractivity contribution >= 4 is 22.9 Å². The minimum atomic E-state index is -0.0773. The van der Waals surface area contributed by atoms with Crippen LogP contribution in [-0.2, 0) is 17.6 Å². The number of thiazole rings is 1. The molecule has 0 saturated heterocycles. The van der Waals surface area contributed by atoms with Crippen LogP contribution in [-0.4, -0.2) is 20.7 Å². The van der Waals surface area contributed by atoms with Gasteiger partial charge in [0.05, 0.1) is 17.8 Å². The summed E-state index contributed by atoms with van der Waals surface area (Å²) in [6.07, 6.45) is 1.08. The van der Waals surface area contributed by atoms with E-state index in [0.29, 0.717) is 0 Å². The van der Waals surface area contributed by atoms with Gasteiger partial charge in [0, 0.05) is 28.7 Å². The molecule has 30 heavy (non-hydrogen) atoms. The third-order valence-electron chi connectivity index (χ3n) is 5.06. The molecular formula is C24H24N4OS. The van der Waals surface area contributed by atoms with Crippen molar-refractivity contribution in [2.75, 3.05) is 5.32 Å². The molecule has 4 aromatic rings. The molecule has 0 spiro atoms. The SMILES string of the molecule is Cc1ccc(Cc2c(C)nn(-c3nc(CC(=O)Nc4ccccc4)cs3)c2C)cc1. The number of amides is 1. The molecule has 0 aliphatic heterocycles. The topological polar surface area (TPSA) is 59.8 Å². The molecule has 4 rings (SSSR count). The standard InChI is InChI=1S/C24H24N4OS/c1-16-9-11-19(12-10-16)13-22-17(2)27-28(18(22)3)24-26-21(15-30-24)14-23(29)25-20-7-5-4-6-8-20/h4-12,15H,13-14H2,1-3H3,(H,25,29). The third-order valence-corrected chi connectivity index (χ3v) is 5.93. The molecular weight excluding hydrogens is 392 g/mol. The smallest absolute Gasteiger partial charge is 0.230 e. The number of hydrogen-bond acceptors (Lipinski definition) is 4. The maximum Gasteiger partial charge on any atom is 0.230 e. The number of aromatic nitrogens is 3. The highest BCUT2D eigenvalue weighted by Gasteiger charge is 2.16. The molecule has 5 nitrogen and oxygen atoms in total. The van der Waals surface area contributed by atoms with Crippen LogP contribution in [0.2, 0.25) is 0 Å². The van der Waals surface area contributed by atoms with Crippen LogP contribution in [0.15, 0.2) is 60.0 Å². The lowest BCUT2D eigenvalue weighted by Gasteiger charge is -2.04. The average molecular weight is 417 g/mol. The molecule has 2 aromatic heterocycles. The molecule has 0 fully saturated rings. The molecule has 0 atom stereocenters. The van der Waals surface area contributed by atoms with Gasteiger partial charge in [-0.3, -0.25) is 4.79 Å². The van der Waals surface area contributed by atoms with E-state index in [1.165, 1.54) is 28.0 Å². The van der Waals surface area contributed by atoms with E-state index < -0.39 is 0 Å². The van der Waals surface area contributed by atoms with Crippen LogP contribution in [0, 0.1) is 20.8 Å². The number of anilines is 1. The van der Waals surface area contributed by atoms with Gasteiger partial charge in [-0.05, 0) is 38.5 Å². The molecule has 0 unspecified atom stereocenters. The molecule has 2 heterocycles. The second kappa shape index (κ2) is 8.63. The fourth-order valence-corrected chi connectivity index (χ4v) is 4.22. The monoisotopic (exact) mass is 416 g/mol. The highest BCUT2D eigenvalue weighted by molar-refractivity contribution is 7.12. The Balaban J connectivity index is 1.49. The number of rotatable bonds is 6. The minimum Gasteiger partial charge on any atom is -0.326 e. The Kier molecular flexibility index (Phi) is 5.77. The fraction of sp³-hybridized carbons (Fsp3) is 0.208. The van der Waals surface area contributed by atoms with E-state index in [2.05, 4.69) is 48.4 Å². The zero-order chi connectivity index (χ0) is 21.1. The second-order valence-electron chi connectivity index (χ2n) is 7.44. The minimum absolute atomic E-state index is 0.0773. The zero-order valence-electron chi connectivity index (χ0n) is 17.3. The van der Waals surface area contributed by atoms with Crippen molar-refractivity contribution in [3.63, 3.8) is 0 Å². The fourth-order valence-electron chi connectivity index (χ4n) is 3.39. The Morgan fingerprint density at radius 3 is 2.50 bits per heavy atom. The maximum absolute atomic E-state index is 12.3. The van der Waals surface area contributed by atoms with Gasteiger partial charge in [0.15, 0.2) is 0 Å². The van der Waals surface area contributed by atoms with Crippen LogP contribution in [0.3, 0.4) is 0 Å². The van der Waals surface area contributed by atoms with Gasteiger partial charge < -0.3 is 5.32 Å². The van der Waals surface area contributed by atoms with Crippen molar-refractivity contribution < 1.29 is 4.79 Å². The van der Waals surface area contributed by atoms with Crippen LogP contribution >= 0.6 is 11.3 Å². The molecule has 0 aliphatic carbocycles. The Hall–Kier alpha value is -3.25. The molecule has 1 N–H and O–H groups in total. The predicted octanol–water partition coefficient (Wildman–Crippen LogP) is 5.03. The Morgan fingerprint density at radius 2 is 1.77 bits per heavy atom. The number of nitrogens with zero attached hydrogens (tertiary/aromatic N) is 3. The molecule has 152 valence electrons. The summed E-state index contributed by atoms with van der Waals surface area (Å²) in [7, 11) is 0. The molecule has 0 aliphatic rings. The van der Waals surface area contributed by atoms with Crippen molar-refractivity contribution in [1.29, 1.82) is 0 Å².